The minimum atomic E-state index is -3.10. The molecule has 0 unspecified atom stereocenters. The highest BCUT2D eigenvalue weighted by Crippen LogP contribution is 2.26. The van der Waals surface area contributed by atoms with Crippen molar-refractivity contribution >= 4 is 10.0 Å². The van der Waals surface area contributed by atoms with Gasteiger partial charge in [-0.05, 0) is 18.8 Å². The van der Waals surface area contributed by atoms with Crippen LogP contribution in [0.1, 0.15) is 44.9 Å². The summed E-state index contributed by atoms with van der Waals surface area (Å²) < 4.78 is 25.0. The SMILES string of the molecule is CS(=O)(=O)[N]CCCC1CCCCC1. The van der Waals surface area contributed by atoms with Crippen molar-refractivity contribution in [3.05, 3.63) is 0 Å². The van der Waals surface area contributed by atoms with E-state index in [1.807, 2.05) is 0 Å². The first kappa shape index (κ1) is 12.0. The van der Waals surface area contributed by atoms with E-state index in [1.54, 1.807) is 0 Å². The second kappa shape index (κ2) is 5.71. The third-order valence-electron chi connectivity index (χ3n) is 2.82. The fourth-order valence-corrected chi connectivity index (χ4v) is 2.55. The van der Waals surface area contributed by atoms with Gasteiger partial charge in [0.25, 0.3) is 0 Å². The van der Waals surface area contributed by atoms with Gasteiger partial charge in [-0.2, -0.15) is 0 Å². The summed E-state index contributed by atoms with van der Waals surface area (Å²) in [4.78, 5) is 0. The normalized spacial score (nSPS) is 19.8. The molecule has 1 aliphatic rings. The summed E-state index contributed by atoms with van der Waals surface area (Å²) in [5.74, 6) is 0.832. The zero-order valence-corrected chi connectivity index (χ0v) is 9.72. The van der Waals surface area contributed by atoms with Crippen LogP contribution in [0.15, 0.2) is 0 Å². The van der Waals surface area contributed by atoms with Crippen LogP contribution in [-0.2, 0) is 10.0 Å². The molecule has 0 atom stereocenters. The van der Waals surface area contributed by atoms with Crippen LogP contribution >= 0.6 is 0 Å². The van der Waals surface area contributed by atoms with Crippen LogP contribution in [-0.4, -0.2) is 21.2 Å². The van der Waals surface area contributed by atoms with Gasteiger partial charge >= 0.3 is 0 Å². The molecule has 14 heavy (non-hydrogen) atoms. The average molecular weight is 218 g/mol. The molecule has 0 bridgehead atoms. The number of hydrogen-bond acceptors (Lipinski definition) is 2. The molecule has 0 aromatic rings. The minimum absolute atomic E-state index is 0.481. The van der Waals surface area contributed by atoms with Crippen LogP contribution in [0.5, 0.6) is 0 Å². The Hall–Kier alpha value is -0.0900. The molecule has 0 heterocycles. The molecule has 0 N–H and O–H groups in total. The average Bonchev–Trinajstić information content (AvgIpc) is 2.13. The topological polar surface area (TPSA) is 48.2 Å². The van der Waals surface area contributed by atoms with Gasteiger partial charge in [-0.3, -0.25) is 0 Å². The fraction of sp³-hybridized carbons (Fsp3) is 1.00. The van der Waals surface area contributed by atoms with Crippen molar-refractivity contribution in [1.29, 1.82) is 0 Å². The first-order chi connectivity index (χ1) is 6.58. The maximum absolute atomic E-state index is 10.7. The molecule has 83 valence electrons. The largest absolute Gasteiger partial charge is 0.224 e. The van der Waals surface area contributed by atoms with Crippen LogP contribution in [0.25, 0.3) is 0 Å². The van der Waals surface area contributed by atoms with Crippen molar-refractivity contribution in [3.8, 4) is 0 Å². The first-order valence-electron chi connectivity index (χ1n) is 5.47. The molecule has 4 heteroatoms. The van der Waals surface area contributed by atoms with Gasteiger partial charge in [0.15, 0.2) is 0 Å². The van der Waals surface area contributed by atoms with Gasteiger partial charge in [0, 0.05) is 6.54 Å². The zero-order valence-electron chi connectivity index (χ0n) is 8.91. The van der Waals surface area contributed by atoms with Crippen molar-refractivity contribution in [2.75, 3.05) is 12.8 Å². The zero-order chi connectivity index (χ0) is 10.4. The molecule has 1 fully saturated rings. The van der Waals surface area contributed by atoms with Gasteiger partial charge in [0.2, 0.25) is 10.0 Å². The summed E-state index contributed by atoms with van der Waals surface area (Å²) in [5.41, 5.74) is 0. The Morgan fingerprint density at radius 2 is 1.86 bits per heavy atom. The summed E-state index contributed by atoms with van der Waals surface area (Å²) in [5, 5.41) is 0. The lowest BCUT2D eigenvalue weighted by Crippen LogP contribution is -2.16. The lowest BCUT2D eigenvalue weighted by molar-refractivity contribution is 0.332. The van der Waals surface area contributed by atoms with Crippen LogP contribution in [0.2, 0.25) is 0 Å². The second-order valence-corrected chi connectivity index (χ2v) is 5.96. The van der Waals surface area contributed by atoms with E-state index in [-0.39, 0.29) is 0 Å². The van der Waals surface area contributed by atoms with Crippen molar-refractivity contribution in [2.24, 2.45) is 5.92 Å². The first-order valence-corrected chi connectivity index (χ1v) is 7.31. The molecule has 0 aromatic heterocycles. The Morgan fingerprint density at radius 1 is 1.21 bits per heavy atom. The molecule has 1 saturated carbocycles. The molecule has 1 radical (unpaired) electrons. The molecular weight excluding hydrogens is 198 g/mol. The quantitative estimate of drug-likeness (QED) is 0.662. The van der Waals surface area contributed by atoms with Crippen molar-refractivity contribution in [1.82, 2.24) is 4.72 Å². The Balaban J connectivity index is 2.03. The lowest BCUT2D eigenvalue weighted by atomic mass is 9.86. The second-order valence-electron chi connectivity index (χ2n) is 4.23. The van der Waals surface area contributed by atoms with E-state index in [9.17, 15) is 8.42 Å². The number of nitrogens with zero attached hydrogens (tertiary/aromatic N) is 1. The molecular formula is C10H20NO2S. The predicted octanol–water partition coefficient (Wildman–Crippen LogP) is 1.91. The van der Waals surface area contributed by atoms with Gasteiger partial charge in [0.05, 0.1) is 6.26 Å². The fourth-order valence-electron chi connectivity index (χ4n) is 2.09. The van der Waals surface area contributed by atoms with Gasteiger partial charge in [-0.1, -0.05) is 32.1 Å². The van der Waals surface area contributed by atoms with Gasteiger partial charge in [-0.25, -0.2) is 8.42 Å². The predicted molar refractivity (Wildman–Crippen MR) is 57.7 cm³/mol. The summed E-state index contributed by atoms with van der Waals surface area (Å²) in [6.07, 6.45) is 9.99. The molecule has 0 spiro atoms. The molecule has 0 aliphatic heterocycles. The summed E-state index contributed by atoms with van der Waals surface area (Å²) in [6.45, 7) is 0.481. The van der Waals surface area contributed by atoms with E-state index < -0.39 is 10.0 Å². The molecule has 0 aromatic carbocycles. The minimum Gasteiger partial charge on any atom is -0.211 e. The standard InChI is InChI=1S/C10H20NO2S/c1-14(12,13)11-9-5-8-10-6-3-2-4-7-10/h10H,2-9H2,1H3. The van der Waals surface area contributed by atoms with Crippen molar-refractivity contribution in [2.45, 2.75) is 44.9 Å². The monoisotopic (exact) mass is 218 g/mol. The van der Waals surface area contributed by atoms with Crippen molar-refractivity contribution < 1.29 is 8.42 Å². The van der Waals surface area contributed by atoms with E-state index in [1.165, 1.54) is 32.1 Å². The highest BCUT2D eigenvalue weighted by atomic mass is 32.2. The number of sulfonamides is 1. The summed E-state index contributed by atoms with van der Waals surface area (Å²) >= 11 is 0. The number of hydrogen-bond donors (Lipinski definition) is 0. The third-order valence-corrected chi connectivity index (χ3v) is 3.47. The highest BCUT2D eigenvalue weighted by Gasteiger charge is 2.13. The van der Waals surface area contributed by atoms with Crippen LogP contribution in [0.4, 0.5) is 0 Å². The van der Waals surface area contributed by atoms with Crippen LogP contribution in [0, 0.1) is 5.92 Å². The van der Waals surface area contributed by atoms with E-state index >= 15 is 0 Å². The van der Waals surface area contributed by atoms with Crippen molar-refractivity contribution in [3.63, 3.8) is 0 Å². The smallest absolute Gasteiger partial charge is 0.211 e. The summed E-state index contributed by atoms with van der Waals surface area (Å²) in [7, 11) is -3.10. The number of rotatable bonds is 5. The lowest BCUT2D eigenvalue weighted by Gasteiger charge is -2.20. The van der Waals surface area contributed by atoms with E-state index in [0.29, 0.717) is 6.54 Å². The Bertz CT molecular complexity index is 243. The van der Waals surface area contributed by atoms with Gasteiger partial charge < -0.3 is 0 Å². The molecule has 1 aliphatic carbocycles. The maximum Gasteiger partial charge on any atom is 0.224 e. The Morgan fingerprint density at radius 3 is 2.43 bits per heavy atom. The van der Waals surface area contributed by atoms with E-state index in [4.69, 9.17) is 0 Å². The third kappa shape index (κ3) is 5.60. The Labute approximate surface area is 87.3 Å². The van der Waals surface area contributed by atoms with Crippen LogP contribution < -0.4 is 4.72 Å². The van der Waals surface area contributed by atoms with E-state index in [2.05, 4.69) is 4.72 Å². The highest BCUT2D eigenvalue weighted by molar-refractivity contribution is 7.88. The molecule has 0 amide bonds. The van der Waals surface area contributed by atoms with Crippen LogP contribution in [0.3, 0.4) is 0 Å². The maximum atomic E-state index is 10.7. The Kier molecular flexibility index (Phi) is 4.89. The van der Waals surface area contributed by atoms with Gasteiger partial charge in [0.1, 0.15) is 0 Å². The molecule has 1 rings (SSSR count). The molecule has 3 nitrogen and oxygen atoms in total. The summed E-state index contributed by atoms with van der Waals surface area (Å²) in [6, 6.07) is 0. The van der Waals surface area contributed by atoms with E-state index in [0.717, 1.165) is 25.0 Å². The van der Waals surface area contributed by atoms with Gasteiger partial charge in [-0.15, -0.1) is 4.72 Å². The molecule has 0 saturated heterocycles.